The molecule has 0 radical (unpaired) electrons. The molecule has 2 heterocycles. The molecule has 0 saturated carbocycles. The number of carboxylic acids is 1. The van der Waals surface area contributed by atoms with Crippen LogP contribution in [0.3, 0.4) is 0 Å². The first-order valence-corrected chi connectivity index (χ1v) is 6.78. The van der Waals surface area contributed by atoms with Gasteiger partial charge in [0.25, 0.3) is 0 Å². The third kappa shape index (κ3) is 2.22. The Kier molecular flexibility index (Phi) is 3.21. The van der Waals surface area contributed by atoms with E-state index in [1.165, 1.54) is 0 Å². The Morgan fingerprint density at radius 3 is 3.06 bits per heavy atom. The zero-order valence-corrected chi connectivity index (χ0v) is 11.3. The molecule has 0 bridgehead atoms. The van der Waals surface area contributed by atoms with E-state index < -0.39 is 11.4 Å². The lowest BCUT2D eigenvalue weighted by Gasteiger charge is -2.37. The zero-order valence-electron chi connectivity index (χ0n) is 8.94. The minimum absolute atomic E-state index is 0.544. The highest BCUT2D eigenvalue weighted by atomic mass is 79.9. The van der Waals surface area contributed by atoms with Gasteiger partial charge in [-0.05, 0) is 35.7 Å². The number of carboxylic acid groups (broad SMARTS) is 1. The fourth-order valence-corrected chi connectivity index (χ4v) is 3.24. The molecular formula is C10H13BrN2O2S. The van der Waals surface area contributed by atoms with E-state index in [0.29, 0.717) is 6.54 Å². The Bertz CT molecular complexity index is 409. The van der Waals surface area contributed by atoms with Gasteiger partial charge in [-0.3, -0.25) is 4.79 Å². The number of anilines is 1. The number of thiazole rings is 1. The molecule has 6 heteroatoms. The molecule has 4 nitrogen and oxygen atoms in total. The van der Waals surface area contributed by atoms with Crippen molar-refractivity contribution in [2.45, 2.75) is 19.8 Å². The monoisotopic (exact) mass is 304 g/mol. The largest absolute Gasteiger partial charge is 0.481 e. The second kappa shape index (κ2) is 4.33. The van der Waals surface area contributed by atoms with Crippen molar-refractivity contribution in [1.29, 1.82) is 0 Å². The van der Waals surface area contributed by atoms with Gasteiger partial charge >= 0.3 is 5.97 Å². The maximum atomic E-state index is 11.2. The van der Waals surface area contributed by atoms with Gasteiger partial charge in [-0.15, -0.1) is 11.3 Å². The number of aliphatic carboxylic acids is 1. The van der Waals surface area contributed by atoms with Crippen LogP contribution in [-0.4, -0.2) is 29.1 Å². The summed E-state index contributed by atoms with van der Waals surface area (Å²) in [6.45, 7) is 3.25. The van der Waals surface area contributed by atoms with E-state index in [0.717, 1.165) is 29.1 Å². The quantitative estimate of drug-likeness (QED) is 0.912. The van der Waals surface area contributed by atoms with Crippen LogP contribution in [0.15, 0.2) is 9.98 Å². The number of hydrogen-bond acceptors (Lipinski definition) is 4. The van der Waals surface area contributed by atoms with Gasteiger partial charge in [0.05, 0.1) is 5.41 Å². The zero-order chi connectivity index (χ0) is 11.8. The van der Waals surface area contributed by atoms with Crippen LogP contribution >= 0.6 is 27.3 Å². The Hall–Kier alpha value is -0.620. The summed E-state index contributed by atoms with van der Waals surface area (Å²) in [6.07, 6.45) is 1.64. The molecule has 0 aliphatic carbocycles. The summed E-state index contributed by atoms with van der Waals surface area (Å²) in [5.41, 5.74) is -0.642. The van der Waals surface area contributed by atoms with Gasteiger partial charge in [0, 0.05) is 18.5 Å². The Morgan fingerprint density at radius 1 is 1.75 bits per heavy atom. The van der Waals surface area contributed by atoms with Crippen molar-refractivity contribution in [3.05, 3.63) is 9.98 Å². The van der Waals surface area contributed by atoms with Gasteiger partial charge in [0.1, 0.15) is 4.60 Å². The minimum atomic E-state index is -0.715. The number of piperidine rings is 1. The lowest BCUT2D eigenvalue weighted by molar-refractivity contribution is -0.148. The average molecular weight is 305 g/mol. The van der Waals surface area contributed by atoms with Crippen LogP contribution in [0.25, 0.3) is 0 Å². The minimum Gasteiger partial charge on any atom is -0.481 e. The molecule has 1 saturated heterocycles. The van der Waals surface area contributed by atoms with Crippen LogP contribution in [-0.2, 0) is 4.79 Å². The van der Waals surface area contributed by atoms with Crippen molar-refractivity contribution >= 4 is 38.4 Å². The first-order valence-electron chi connectivity index (χ1n) is 5.11. The van der Waals surface area contributed by atoms with Gasteiger partial charge < -0.3 is 10.0 Å². The fraction of sp³-hybridized carbons (Fsp3) is 0.600. The van der Waals surface area contributed by atoms with Crippen LogP contribution in [0.1, 0.15) is 19.8 Å². The van der Waals surface area contributed by atoms with E-state index >= 15 is 0 Å². The highest BCUT2D eigenvalue weighted by Gasteiger charge is 2.38. The smallest absolute Gasteiger partial charge is 0.311 e. The number of carbonyl (C=O) groups is 1. The van der Waals surface area contributed by atoms with Gasteiger partial charge in [-0.25, -0.2) is 4.98 Å². The van der Waals surface area contributed by atoms with Crippen LogP contribution in [0.5, 0.6) is 0 Å². The molecule has 1 aliphatic heterocycles. The maximum Gasteiger partial charge on any atom is 0.311 e. The number of rotatable bonds is 2. The van der Waals surface area contributed by atoms with Crippen LogP contribution < -0.4 is 4.90 Å². The maximum absolute atomic E-state index is 11.2. The van der Waals surface area contributed by atoms with Gasteiger partial charge in [0.15, 0.2) is 5.13 Å². The molecule has 88 valence electrons. The van der Waals surface area contributed by atoms with Crippen molar-refractivity contribution in [3.63, 3.8) is 0 Å². The molecule has 0 aromatic carbocycles. The molecule has 2 rings (SSSR count). The van der Waals surface area contributed by atoms with Crippen molar-refractivity contribution < 1.29 is 9.90 Å². The van der Waals surface area contributed by atoms with Crippen LogP contribution in [0.4, 0.5) is 5.13 Å². The fourth-order valence-electron chi connectivity index (χ4n) is 1.97. The Morgan fingerprint density at radius 2 is 2.50 bits per heavy atom. The molecule has 0 amide bonds. The van der Waals surface area contributed by atoms with Crippen molar-refractivity contribution in [1.82, 2.24) is 4.98 Å². The average Bonchev–Trinajstić information content (AvgIpc) is 2.65. The first kappa shape index (κ1) is 11.9. The van der Waals surface area contributed by atoms with Crippen LogP contribution in [0.2, 0.25) is 0 Å². The summed E-state index contributed by atoms with van der Waals surface area (Å²) in [5.74, 6) is -0.715. The predicted molar refractivity (Wildman–Crippen MR) is 67.0 cm³/mol. The lowest BCUT2D eigenvalue weighted by atomic mass is 9.82. The van der Waals surface area contributed by atoms with Gasteiger partial charge in [0.2, 0.25) is 0 Å². The molecule has 1 fully saturated rings. The van der Waals surface area contributed by atoms with E-state index in [4.69, 9.17) is 0 Å². The Labute approximate surface area is 106 Å². The molecular weight excluding hydrogens is 292 g/mol. The standard InChI is InChI=1S/C10H13BrN2O2S/c1-10(8(14)15)3-2-4-13(6-10)9-12-7(11)5-16-9/h5H,2-4,6H2,1H3,(H,14,15). The second-order valence-corrected chi connectivity index (χ2v) is 5.99. The third-order valence-corrected chi connectivity index (χ3v) is 4.56. The molecule has 1 atom stereocenters. The van der Waals surface area contributed by atoms with E-state index in [2.05, 4.69) is 25.8 Å². The number of hydrogen-bond donors (Lipinski definition) is 1. The summed E-state index contributed by atoms with van der Waals surface area (Å²) < 4.78 is 0.815. The molecule has 1 aliphatic rings. The third-order valence-electron chi connectivity index (χ3n) is 2.95. The predicted octanol–water partition coefficient (Wildman–Crippen LogP) is 2.60. The second-order valence-electron chi connectivity index (χ2n) is 4.34. The van der Waals surface area contributed by atoms with Crippen LogP contribution in [0, 0.1) is 5.41 Å². The summed E-state index contributed by atoms with van der Waals surface area (Å²) >= 11 is 4.86. The first-order chi connectivity index (χ1) is 7.51. The van der Waals surface area contributed by atoms with Gasteiger partial charge in [-0.1, -0.05) is 0 Å². The van der Waals surface area contributed by atoms with Crippen molar-refractivity contribution in [2.24, 2.45) is 5.41 Å². The summed E-state index contributed by atoms with van der Waals surface area (Å²) in [7, 11) is 0. The molecule has 0 spiro atoms. The molecule has 1 aromatic rings. The number of nitrogens with zero attached hydrogens (tertiary/aromatic N) is 2. The molecule has 1 aromatic heterocycles. The summed E-state index contributed by atoms with van der Waals surface area (Å²) in [6, 6.07) is 0. The van der Waals surface area contributed by atoms with Crippen molar-refractivity contribution in [2.75, 3.05) is 18.0 Å². The van der Waals surface area contributed by atoms with E-state index in [-0.39, 0.29) is 0 Å². The highest BCUT2D eigenvalue weighted by Crippen LogP contribution is 2.34. The topological polar surface area (TPSA) is 53.4 Å². The summed E-state index contributed by atoms with van der Waals surface area (Å²) in [4.78, 5) is 17.6. The number of halogens is 1. The molecule has 1 N–H and O–H groups in total. The SMILES string of the molecule is CC1(C(=O)O)CCCN(c2nc(Br)cs2)C1. The van der Waals surface area contributed by atoms with E-state index in [9.17, 15) is 9.90 Å². The van der Waals surface area contributed by atoms with E-state index in [1.807, 2.05) is 12.3 Å². The number of aromatic nitrogens is 1. The van der Waals surface area contributed by atoms with E-state index in [1.54, 1.807) is 11.3 Å². The van der Waals surface area contributed by atoms with Crippen molar-refractivity contribution in [3.8, 4) is 0 Å². The normalized spacial score (nSPS) is 25.8. The molecule has 16 heavy (non-hydrogen) atoms. The molecule has 1 unspecified atom stereocenters. The lowest BCUT2D eigenvalue weighted by Crippen LogP contribution is -2.46. The highest BCUT2D eigenvalue weighted by molar-refractivity contribution is 9.10. The Balaban J connectivity index is 2.16. The summed E-state index contributed by atoms with van der Waals surface area (Å²) in [5, 5.41) is 12.0. The van der Waals surface area contributed by atoms with Gasteiger partial charge in [-0.2, -0.15) is 0 Å².